The van der Waals surface area contributed by atoms with Crippen molar-refractivity contribution in [2.75, 3.05) is 13.2 Å². The number of carbonyl (C=O) groups is 1. The quantitative estimate of drug-likeness (QED) is 0.228. The fraction of sp³-hybridized carbons (Fsp3) is 0.310. The standard InChI is InChI=1S/C29H32ClN3O2/c1-22-15-17-23(18-16-22)35-21-9-20-33-27-13-7-6-12-26(27)32-28(33)14-3-2-8-19-31-29(34)24-10-4-5-11-25(24)30/h4-7,10-13,15-18H,2-3,8-9,14,19-21H2,1H3,(H,31,34). The van der Waals surface area contributed by atoms with E-state index in [1.165, 1.54) is 11.1 Å². The molecule has 1 N–H and O–H groups in total. The van der Waals surface area contributed by atoms with Gasteiger partial charge in [0.05, 0.1) is 28.2 Å². The monoisotopic (exact) mass is 489 g/mol. The van der Waals surface area contributed by atoms with Crippen molar-refractivity contribution in [1.82, 2.24) is 14.9 Å². The van der Waals surface area contributed by atoms with Gasteiger partial charge in [0.2, 0.25) is 0 Å². The Hall–Kier alpha value is -3.31. The van der Waals surface area contributed by atoms with Crippen LogP contribution in [-0.4, -0.2) is 28.6 Å². The average Bonchev–Trinajstić information content (AvgIpc) is 3.22. The maximum absolute atomic E-state index is 12.3. The third-order valence-corrected chi connectivity index (χ3v) is 6.36. The molecule has 3 aromatic carbocycles. The number of benzene rings is 3. The molecule has 0 saturated carbocycles. The highest BCUT2D eigenvalue weighted by Crippen LogP contribution is 2.19. The van der Waals surface area contributed by atoms with E-state index >= 15 is 0 Å². The molecule has 35 heavy (non-hydrogen) atoms. The lowest BCUT2D eigenvalue weighted by atomic mass is 10.1. The average molecular weight is 490 g/mol. The SMILES string of the molecule is Cc1ccc(OCCCn2c(CCCCCNC(=O)c3ccccc3Cl)nc3ccccc32)cc1. The molecule has 182 valence electrons. The van der Waals surface area contributed by atoms with Crippen molar-refractivity contribution in [3.8, 4) is 5.75 Å². The number of aryl methyl sites for hydroxylation is 3. The molecule has 4 aromatic rings. The molecule has 0 fully saturated rings. The molecule has 0 aliphatic carbocycles. The van der Waals surface area contributed by atoms with Crippen molar-refractivity contribution >= 4 is 28.5 Å². The van der Waals surface area contributed by atoms with Crippen LogP contribution in [0.3, 0.4) is 0 Å². The van der Waals surface area contributed by atoms with E-state index in [2.05, 4.69) is 47.1 Å². The van der Waals surface area contributed by atoms with Gasteiger partial charge in [-0.15, -0.1) is 0 Å². The predicted molar refractivity (Wildman–Crippen MR) is 142 cm³/mol. The van der Waals surface area contributed by atoms with Gasteiger partial charge in [0.1, 0.15) is 11.6 Å². The van der Waals surface area contributed by atoms with Crippen LogP contribution in [0.15, 0.2) is 72.8 Å². The maximum Gasteiger partial charge on any atom is 0.252 e. The maximum atomic E-state index is 12.3. The minimum absolute atomic E-state index is 0.120. The smallest absolute Gasteiger partial charge is 0.252 e. The Kier molecular flexibility index (Phi) is 8.79. The number of amides is 1. The Labute approximate surface area is 212 Å². The number of nitrogens with one attached hydrogen (secondary N) is 1. The number of unbranched alkanes of at least 4 members (excludes halogenated alkanes) is 2. The van der Waals surface area contributed by atoms with Crippen molar-refractivity contribution < 1.29 is 9.53 Å². The first-order valence-corrected chi connectivity index (χ1v) is 12.7. The molecule has 0 atom stereocenters. The number of aromatic nitrogens is 2. The summed E-state index contributed by atoms with van der Waals surface area (Å²) in [5.74, 6) is 1.90. The molecule has 0 spiro atoms. The van der Waals surface area contributed by atoms with Crippen molar-refractivity contribution in [2.45, 2.75) is 45.6 Å². The molecule has 0 unspecified atom stereocenters. The van der Waals surface area contributed by atoms with E-state index in [0.29, 0.717) is 23.7 Å². The van der Waals surface area contributed by atoms with Gasteiger partial charge in [-0.25, -0.2) is 4.98 Å². The van der Waals surface area contributed by atoms with Crippen LogP contribution in [0.2, 0.25) is 5.02 Å². The Morgan fingerprint density at radius 3 is 2.54 bits per heavy atom. The van der Waals surface area contributed by atoms with Crippen LogP contribution >= 0.6 is 11.6 Å². The van der Waals surface area contributed by atoms with Gasteiger partial charge in [0.15, 0.2) is 0 Å². The first kappa shape index (κ1) is 24.8. The molecule has 0 aliphatic heterocycles. The third-order valence-electron chi connectivity index (χ3n) is 6.03. The summed E-state index contributed by atoms with van der Waals surface area (Å²) < 4.78 is 8.25. The van der Waals surface area contributed by atoms with Gasteiger partial charge in [-0.05, 0) is 62.6 Å². The van der Waals surface area contributed by atoms with E-state index in [1.54, 1.807) is 12.1 Å². The van der Waals surface area contributed by atoms with Crippen molar-refractivity contribution in [3.05, 3.63) is 94.8 Å². The highest BCUT2D eigenvalue weighted by Gasteiger charge is 2.11. The largest absolute Gasteiger partial charge is 0.494 e. The first-order chi connectivity index (χ1) is 17.1. The minimum Gasteiger partial charge on any atom is -0.494 e. The second-order valence-corrected chi connectivity index (χ2v) is 9.14. The van der Waals surface area contributed by atoms with E-state index in [4.69, 9.17) is 21.3 Å². The molecule has 1 amide bonds. The molecule has 0 saturated heterocycles. The van der Waals surface area contributed by atoms with Gasteiger partial charge in [0.25, 0.3) is 5.91 Å². The number of rotatable bonds is 12. The van der Waals surface area contributed by atoms with Crippen molar-refractivity contribution in [1.29, 1.82) is 0 Å². The number of carbonyl (C=O) groups excluding carboxylic acids is 1. The zero-order valence-corrected chi connectivity index (χ0v) is 20.9. The summed E-state index contributed by atoms with van der Waals surface area (Å²) in [5.41, 5.74) is 3.96. The van der Waals surface area contributed by atoms with E-state index in [9.17, 15) is 4.79 Å². The molecular formula is C29H32ClN3O2. The van der Waals surface area contributed by atoms with Crippen LogP contribution in [0, 0.1) is 6.92 Å². The Morgan fingerprint density at radius 2 is 1.71 bits per heavy atom. The molecular weight excluding hydrogens is 458 g/mol. The van der Waals surface area contributed by atoms with Gasteiger partial charge in [0, 0.05) is 19.5 Å². The summed E-state index contributed by atoms with van der Waals surface area (Å²) in [6, 6.07) is 23.6. The van der Waals surface area contributed by atoms with Crippen LogP contribution in [0.25, 0.3) is 11.0 Å². The summed E-state index contributed by atoms with van der Waals surface area (Å²) in [5, 5.41) is 3.44. The molecule has 0 bridgehead atoms. The van der Waals surface area contributed by atoms with Gasteiger partial charge < -0.3 is 14.6 Å². The summed E-state index contributed by atoms with van der Waals surface area (Å²) in [6.07, 6.45) is 4.77. The highest BCUT2D eigenvalue weighted by atomic mass is 35.5. The number of ether oxygens (including phenoxy) is 1. The fourth-order valence-corrected chi connectivity index (χ4v) is 4.36. The summed E-state index contributed by atoms with van der Waals surface area (Å²) in [7, 11) is 0. The van der Waals surface area contributed by atoms with Gasteiger partial charge in [-0.3, -0.25) is 4.79 Å². The van der Waals surface area contributed by atoms with E-state index in [0.717, 1.165) is 55.7 Å². The number of hydrogen-bond donors (Lipinski definition) is 1. The van der Waals surface area contributed by atoms with E-state index in [1.807, 2.05) is 30.3 Å². The molecule has 4 rings (SSSR count). The Balaban J connectivity index is 1.24. The highest BCUT2D eigenvalue weighted by molar-refractivity contribution is 6.33. The number of fused-ring (bicyclic) bond motifs is 1. The number of nitrogens with zero attached hydrogens (tertiary/aromatic N) is 2. The normalized spacial score (nSPS) is 11.0. The van der Waals surface area contributed by atoms with Crippen LogP contribution in [0.5, 0.6) is 5.75 Å². The zero-order chi connectivity index (χ0) is 24.5. The number of imidazole rings is 1. The number of hydrogen-bond acceptors (Lipinski definition) is 3. The predicted octanol–water partition coefficient (Wildman–Crippen LogP) is 6.61. The van der Waals surface area contributed by atoms with Crippen LogP contribution in [0.1, 0.15) is 47.4 Å². The molecule has 1 aromatic heterocycles. The van der Waals surface area contributed by atoms with Crippen molar-refractivity contribution in [2.24, 2.45) is 0 Å². The third kappa shape index (κ3) is 6.86. The summed E-state index contributed by atoms with van der Waals surface area (Å²) in [4.78, 5) is 17.2. The Morgan fingerprint density at radius 1 is 0.943 bits per heavy atom. The second-order valence-electron chi connectivity index (χ2n) is 8.73. The first-order valence-electron chi connectivity index (χ1n) is 12.3. The topological polar surface area (TPSA) is 56.1 Å². The Bertz CT molecular complexity index is 1250. The van der Waals surface area contributed by atoms with Crippen LogP contribution in [0.4, 0.5) is 0 Å². The lowest BCUT2D eigenvalue weighted by molar-refractivity contribution is 0.0953. The van der Waals surface area contributed by atoms with Gasteiger partial charge >= 0.3 is 0 Å². The summed E-state index contributed by atoms with van der Waals surface area (Å²) >= 11 is 6.10. The minimum atomic E-state index is -0.120. The summed E-state index contributed by atoms with van der Waals surface area (Å²) in [6.45, 7) is 4.25. The molecule has 6 heteroatoms. The fourth-order valence-electron chi connectivity index (χ4n) is 4.14. The molecule has 0 radical (unpaired) electrons. The molecule has 1 heterocycles. The lowest BCUT2D eigenvalue weighted by Gasteiger charge is -2.11. The van der Waals surface area contributed by atoms with Crippen LogP contribution < -0.4 is 10.1 Å². The van der Waals surface area contributed by atoms with Gasteiger partial charge in [-0.2, -0.15) is 0 Å². The van der Waals surface area contributed by atoms with Crippen LogP contribution in [-0.2, 0) is 13.0 Å². The van der Waals surface area contributed by atoms with E-state index < -0.39 is 0 Å². The lowest BCUT2D eigenvalue weighted by Crippen LogP contribution is -2.24. The van der Waals surface area contributed by atoms with Gasteiger partial charge in [-0.1, -0.05) is 60.0 Å². The van der Waals surface area contributed by atoms with Crippen molar-refractivity contribution in [3.63, 3.8) is 0 Å². The second kappa shape index (κ2) is 12.4. The number of halogens is 1. The van der Waals surface area contributed by atoms with E-state index in [-0.39, 0.29) is 5.91 Å². The number of para-hydroxylation sites is 2. The molecule has 0 aliphatic rings. The zero-order valence-electron chi connectivity index (χ0n) is 20.2. The molecule has 5 nitrogen and oxygen atoms in total.